The number of hydrogen-bond acceptors (Lipinski definition) is 3. The van der Waals surface area contributed by atoms with Gasteiger partial charge in [-0.3, -0.25) is 0 Å². The average Bonchev–Trinajstić information content (AvgIpc) is 2.12. The molecule has 0 aromatic carbocycles. The minimum atomic E-state index is 0.367. The smallest absolute Gasteiger partial charge is 0.135 e. The SMILES string of the molecule is C=C(C)OOOCC(/C=C\C)=C/CC. The van der Waals surface area contributed by atoms with Crippen molar-refractivity contribution >= 4 is 0 Å². The highest BCUT2D eigenvalue weighted by Gasteiger charge is 1.94. The van der Waals surface area contributed by atoms with E-state index in [2.05, 4.69) is 29.5 Å². The van der Waals surface area contributed by atoms with E-state index in [-0.39, 0.29) is 0 Å². The predicted octanol–water partition coefficient (Wildman–Crippen LogP) is 3.31. The molecule has 0 fully saturated rings. The second kappa shape index (κ2) is 8.53. The van der Waals surface area contributed by atoms with Crippen molar-refractivity contribution in [3.63, 3.8) is 0 Å². The van der Waals surface area contributed by atoms with Gasteiger partial charge in [-0.2, -0.15) is 4.89 Å². The third-order valence-electron chi connectivity index (χ3n) is 1.30. The fourth-order valence-corrected chi connectivity index (χ4v) is 0.826. The first-order chi connectivity index (χ1) is 6.70. The molecule has 0 aliphatic heterocycles. The Kier molecular flexibility index (Phi) is 7.89. The molecule has 3 heteroatoms. The molecule has 14 heavy (non-hydrogen) atoms. The van der Waals surface area contributed by atoms with Crippen LogP contribution in [0.3, 0.4) is 0 Å². The van der Waals surface area contributed by atoms with E-state index < -0.39 is 0 Å². The van der Waals surface area contributed by atoms with Crippen molar-refractivity contribution in [1.82, 2.24) is 0 Å². The van der Waals surface area contributed by atoms with Crippen LogP contribution in [0.15, 0.2) is 36.1 Å². The lowest BCUT2D eigenvalue weighted by Crippen LogP contribution is -1.98. The van der Waals surface area contributed by atoms with Crippen LogP contribution in [-0.4, -0.2) is 6.61 Å². The lowest BCUT2D eigenvalue weighted by Gasteiger charge is -2.03. The van der Waals surface area contributed by atoms with Crippen molar-refractivity contribution < 1.29 is 14.8 Å². The van der Waals surface area contributed by atoms with Gasteiger partial charge in [0.1, 0.15) is 12.4 Å². The molecule has 0 aromatic rings. The van der Waals surface area contributed by atoms with Gasteiger partial charge in [0.2, 0.25) is 0 Å². The first kappa shape index (κ1) is 12.9. The summed E-state index contributed by atoms with van der Waals surface area (Å²) in [5.41, 5.74) is 1.06. The van der Waals surface area contributed by atoms with E-state index in [1.807, 2.05) is 19.1 Å². The summed E-state index contributed by atoms with van der Waals surface area (Å²) < 4.78 is 0. The van der Waals surface area contributed by atoms with Crippen molar-refractivity contribution in [3.05, 3.63) is 36.1 Å². The molecule has 0 aromatic heterocycles. The van der Waals surface area contributed by atoms with Crippen LogP contribution in [0.25, 0.3) is 0 Å². The summed E-state index contributed by atoms with van der Waals surface area (Å²) >= 11 is 0. The zero-order valence-corrected chi connectivity index (χ0v) is 9.08. The van der Waals surface area contributed by atoms with Gasteiger partial charge in [0.25, 0.3) is 0 Å². The Morgan fingerprint density at radius 1 is 1.43 bits per heavy atom. The molecule has 3 nitrogen and oxygen atoms in total. The van der Waals surface area contributed by atoms with Crippen LogP contribution in [0, 0.1) is 0 Å². The van der Waals surface area contributed by atoms with E-state index in [0.29, 0.717) is 12.4 Å². The second-order valence-electron chi connectivity index (χ2n) is 2.80. The maximum Gasteiger partial charge on any atom is 0.135 e. The molecule has 0 heterocycles. The maximum atomic E-state index is 4.81. The highest BCUT2D eigenvalue weighted by Crippen LogP contribution is 2.02. The molecule has 0 rings (SSSR count). The molecule has 0 N–H and O–H groups in total. The Labute approximate surface area is 85.5 Å². The van der Waals surface area contributed by atoms with E-state index in [4.69, 9.17) is 4.89 Å². The van der Waals surface area contributed by atoms with Crippen molar-refractivity contribution in [2.45, 2.75) is 27.2 Å². The average molecular weight is 198 g/mol. The molecule has 0 bridgehead atoms. The van der Waals surface area contributed by atoms with E-state index in [0.717, 1.165) is 12.0 Å². The number of rotatable bonds is 7. The first-order valence-corrected chi connectivity index (χ1v) is 4.64. The fraction of sp³-hybridized carbons (Fsp3) is 0.455. The molecule has 0 radical (unpaired) electrons. The Morgan fingerprint density at radius 3 is 2.64 bits per heavy atom. The molecule has 80 valence electrons. The number of hydrogen-bond donors (Lipinski definition) is 0. The quantitative estimate of drug-likeness (QED) is 0.206. The molecule has 0 aliphatic rings. The van der Waals surface area contributed by atoms with Crippen LogP contribution in [-0.2, 0) is 14.8 Å². The van der Waals surface area contributed by atoms with Gasteiger partial charge in [-0.05, 0) is 30.9 Å². The fourth-order valence-electron chi connectivity index (χ4n) is 0.826. The molecular weight excluding hydrogens is 180 g/mol. The molecule has 0 saturated heterocycles. The minimum Gasteiger partial charge on any atom is -0.314 e. The lowest BCUT2D eigenvalue weighted by atomic mass is 10.2. The van der Waals surface area contributed by atoms with Crippen LogP contribution in [0.2, 0.25) is 0 Å². The Morgan fingerprint density at radius 2 is 2.14 bits per heavy atom. The van der Waals surface area contributed by atoms with Crippen LogP contribution < -0.4 is 0 Å². The summed E-state index contributed by atoms with van der Waals surface area (Å²) in [5.74, 6) is 0.456. The van der Waals surface area contributed by atoms with E-state index >= 15 is 0 Å². The van der Waals surface area contributed by atoms with Crippen LogP contribution in [0.5, 0.6) is 0 Å². The summed E-state index contributed by atoms with van der Waals surface area (Å²) in [6.07, 6.45) is 6.94. The van der Waals surface area contributed by atoms with Gasteiger partial charge in [-0.1, -0.05) is 31.7 Å². The zero-order chi connectivity index (χ0) is 10.8. The van der Waals surface area contributed by atoms with E-state index in [1.54, 1.807) is 6.92 Å². The Balaban J connectivity index is 3.72. The van der Waals surface area contributed by atoms with Crippen LogP contribution in [0.4, 0.5) is 0 Å². The van der Waals surface area contributed by atoms with Crippen molar-refractivity contribution in [2.75, 3.05) is 6.61 Å². The topological polar surface area (TPSA) is 27.7 Å². The normalized spacial score (nSPS) is 12.1. The van der Waals surface area contributed by atoms with Crippen molar-refractivity contribution in [1.29, 1.82) is 0 Å². The Hall–Kier alpha value is -1.06. The van der Waals surface area contributed by atoms with Gasteiger partial charge in [-0.25, -0.2) is 0 Å². The highest BCUT2D eigenvalue weighted by atomic mass is 17.5. The van der Waals surface area contributed by atoms with Gasteiger partial charge >= 0.3 is 0 Å². The maximum absolute atomic E-state index is 4.81. The number of allylic oxidation sites excluding steroid dienone is 3. The minimum absolute atomic E-state index is 0.367. The molecule has 0 atom stereocenters. The molecule has 0 saturated carbocycles. The zero-order valence-electron chi connectivity index (χ0n) is 9.08. The summed E-state index contributed by atoms with van der Waals surface area (Å²) in [7, 11) is 0. The van der Waals surface area contributed by atoms with Crippen molar-refractivity contribution in [2.24, 2.45) is 0 Å². The van der Waals surface area contributed by atoms with Crippen LogP contribution in [0.1, 0.15) is 27.2 Å². The second-order valence-corrected chi connectivity index (χ2v) is 2.80. The molecular formula is C11H18O3. The summed E-state index contributed by atoms with van der Waals surface area (Å²) in [5, 5.41) is 4.44. The molecule has 0 aliphatic carbocycles. The van der Waals surface area contributed by atoms with Crippen molar-refractivity contribution in [3.8, 4) is 0 Å². The summed E-state index contributed by atoms with van der Waals surface area (Å²) in [6.45, 7) is 9.55. The monoisotopic (exact) mass is 198 g/mol. The first-order valence-electron chi connectivity index (χ1n) is 4.64. The highest BCUT2D eigenvalue weighted by molar-refractivity contribution is 5.18. The molecule has 0 spiro atoms. The third-order valence-corrected chi connectivity index (χ3v) is 1.30. The predicted molar refractivity (Wildman–Crippen MR) is 56.1 cm³/mol. The van der Waals surface area contributed by atoms with Gasteiger partial charge in [0.15, 0.2) is 0 Å². The van der Waals surface area contributed by atoms with Gasteiger partial charge in [-0.15, -0.1) is 0 Å². The van der Waals surface area contributed by atoms with E-state index in [9.17, 15) is 0 Å². The third kappa shape index (κ3) is 7.58. The molecule has 0 amide bonds. The summed E-state index contributed by atoms with van der Waals surface area (Å²) in [4.78, 5) is 9.39. The van der Waals surface area contributed by atoms with E-state index in [1.165, 1.54) is 0 Å². The molecule has 0 unspecified atom stereocenters. The van der Waals surface area contributed by atoms with Gasteiger partial charge in [0, 0.05) is 0 Å². The van der Waals surface area contributed by atoms with Crippen LogP contribution >= 0.6 is 0 Å². The largest absolute Gasteiger partial charge is 0.314 e. The van der Waals surface area contributed by atoms with Gasteiger partial charge in [0.05, 0.1) is 0 Å². The Bertz CT molecular complexity index is 217. The summed E-state index contributed by atoms with van der Waals surface area (Å²) in [6, 6.07) is 0. The van der Waals surface area contributed by atoms with Gasteiger partial charge < -0.3 is 4.89 Å². The lowest BCUT2D eigenvalue weighted by molar-refractivity contribution is -0.492. The standard InChI is InChI=1S/C11H18O3/c1-5-7-11(8-6-2)9-12-14-13-10(3)4/h5,7-8H,3,6,9H2,1-2,4H3/b7-5-,11-8+.